The van der Waals surface area contributed by atoms with Crippen molar-refractivity contribution in [2.24, 2.45) is 0 Å². The number of fused-ring (bicyclic) bond motifs is 1. The van der Waals surface area contributed by atoms with Gasteiger partial charge in [-0.3, -0.25) is 4.79 Å². The zero-order chi connectivity index (χ0) is 21.9. The van der Waals surface area contributed by atoms with Crippen molar-refractivity contribution in [3.05, 3.63) is 90.3 Å². The van der Waals surface area contributed by atoms with E-state index in [1.54, 1.807) is 0 Å². The number of rotatable bonds is 7. The monoisotopic (exact) mass is 425 g/mol. The van der Waals surface area contributed by atoms with Gasteiger partial charge in [0, 0.05) is 31.1 Å². The zero-order valence-electron chi connectivity index (χ0n) is 18.3. The molecule has 4 aromatic rings. The van der Waals surface area contributed by atoms with E-state index >= 15 is 0 Å². The summed E-state index contributed by atoms with van der Waals surface area (Å²) >= 11 is 0. The summed E-state index contributed by atoms with van der Waals surface area (Å²) in [6.07, 6.45) is 1.35. The maximum absolute atomic E-state index is 12.9. The fraction of sp³-hybridized carbons (Fsp3) is 0.259. The predicted molar refractivity (Wildman–Crippen MR) is 127 cm³/mol. The molecule has 0 N–H and O–H groups in total. The number of para-hydroxylation sites is 3. The quantitative estimate of drug-likeness (QED) is 0.376. The Morgan fingerprint density at radius 1 is 0.969 bits per heavy atom. The normalized spacial score (nSPS) is 16.1. The molecule has 162 valence electrons. The van der Waals surface area contributed by atoms with E-state index in [0.717, 1.165) is 41.3 Å². The van der Waals surface area contributed by atoms with Crippen LogP contribution in [0, 0.1) is 6.92 Å². The average Bonchev–Trinajstić information content (AvgIpc) is 3.38. The molecule has 1 saturated heterocycles. The van der Waals surface area contributed by atoms with Crippen molar-refractivity contribution >= 4 is 22.6 Å². The van der Waals surface area contributed by atoms with Crippen LogP contribution in [0.1, 0.15) is 30.1 Å². The number of aromatic nitrogens is 2. The van der Waals surface area contributed by atoms with Crippen LogP contribution in [0.2, 0.25) is 0 Å². The maximum Gasteiger partial charge on any atom is 0.227 e. The van der Waals surface area contributed by atoms with Gasteiger partial charge in [-0.05, 0) is 49.7 Å². The molecular weight excluding hydrogens is 398 g/mol. The Morgan fingerprint density at radius 3 is 2.53 bits per heavy atom. The van der Waals surface area contributed by atoms with Gasteiger partial charge in [0.05, 0.1) is 17.6 Å². The Bertz CT molecular complexity index is 1210. The van der Waals surface area contributed by atoms with Gasteiger partial charge in [0.15, 0.2) is 0 Å². The summed E-state index contributed by atoms with van der Waals surface area (Å²) < 4.78 is 8.17. The minimum Gasteiger partial charge on any atom is -0.494 e. The fourth-order valence-electron chi connectivity index (χ4n) is 4.42. The van der Waals surface area contributed by atoms with E-state index in [-0.39, 0.29) is 11.8 Å². The first kappa shape index (κ1) is 20.3. The molecule has 5 nitrogen and oxygen atoms in total. The van der Waals surface area contributed by atoms with E-state index in [0.29, 0.717) is 19.6 Å². The molecule has 3 aromatic carbocycles. The number of imidazole rings is 1. The van der Waals surface area contributed by atoms with E-state index < -0.39 is 0 Å². The molecule has 2 heterocycles. The first-order valence-electron chi connectivity index (χ1n) is 11.2. The summed E-state index contributed by atoms with van der Waals surface area (Å²) in [5.74, 6) is 2.11. The van der Waals surface area contributed by atoms with Crippen LogP contribution in [0.25, 0.3) is 11.0 Å². The first-order valence-corrected chi connectivity index (χ1v) is 11.2. The Hall–Kier alpha value is -3.60. The summed E-state index contributed by atoms with van der Waals surface area (Å²) in [7, 11) is 0. The number of hydrogen-bond acceptors (Lipinski definition) is 3. The number of anilines is 1. The highest BCUT2D eigenvalue weighted by atomic mass is 16.5. The molecule has 0 bridgehead atoms. The van der Waals surface area contributed by atoms with Crippen LogP contribution < -0.4 is 9.64 Å². The van der Waals surface area contributed by atoms with Crippen molar-refractivity contribution in [2.45, 2.75) is 32.2 Å². The minimum absolute atomic E-state index is 0.0752. The number of hydrogen-bond donors (Lipinski definition) is 0. The summed E-state index contributed by atoms with van der Waals surface area (Å²) in [6, 6.07) is 26.3. The molecule has 0 radical (unpaired) electrons. The lowest BCUT2D eigenvalue weighted by atomic mass is 10.1. The lowest BCUT2D eigenvalue weighted by Crippen LogP contribution is -2.24. The SMILES string of the molecule is Cc1ccc(N2CC(c3nc4ccccc4n3CCCOc3ccccc3)CC2=O)cc1. The molecule has 32 heavy (non-hydrogen) atoms. The summed E-state index contributed by atoms with van der Waals surface area (Å²) in [4.78, 5) is 19.7. The number of nitrogens with zero attached hydrogens (tertiary/aromatic N) is 3. The maximum atomic E-state index is 12.9. The molecule has 1 aliphatic rings. The molecule has 0 saturated carbocycles. The van der Waals surface area contributed by atoms with Crippen LogP contribution in [0.15, 0.2) is 78.9 Å². The van der Waals surface area contributed by atoms with Gasteiger partial charge < -0.3 is 14.2 Å². The lowest BCUT2D eigenvalue weighted by Gasteiger charge is -2.18. The first-order chi connectivity index (χ1) is 15.7. The smallest absolute Gasteiger partial charge is 0.227 e. The summed E-state index contributed by atoms with van der Waals surface area (Å²) in [5.41, 5.74) is 4.25. The third-order valence-corrected chi connectivity index (χ3v) is 6.06. The van der Waals surface area contributed by atoms with Gasteiger partial charge in [-0.15, -0.1) is 0 Å². The Labute approximate surface area is 188 Å². The standard InChI is InChI=1S/C27H27N3O2/c1-20-12-14-22(15-13-20)30-19-21(18-26(30)31)27-28-24-10-5-6-11-25(24)29(27)16-7-17-32-23-8-3-2-4-9-23/h2-6,8-15,21H,7,16-19H2,1H3. The number of amides is 1. The van der Waals surface area contributed by atoms with Crippen molar-refractivity contribution in [2.75, 3.05) is 18.1 Å². The molecule has 1 atom stereocenters. The Kier molecular flexibility index (Phi) is 5.63. The second-order valence-corrected chi connectivity index (χ2v) is 8.37. The van der Waals surface area contributed by atoms with E-state index in [2.05, 4.69) is 29.7 Å². The van der Waals surface area contributed by atoms with Crippen molar-refractivity contribution < 1.29 is 9.53 Å². The number of benzene rings is 3. The molecule has 1 aliphatic heterocycles. The van der Waals surface area contributed by atoms with E-state index in [1.807, 2.05) is 65.6 Å². The van der Waals surface area contributed by atoms with Gasteiger partial charge in [-0.25, -0.2) is 4.98 Å². The highest BCUT2D eigenvalue weighted by molar-refractivity contribution is 5.96. The molecule has 1 unspecified atom stereocenters. The van der Waals surface area contributed by atoms with Crippen LogP contribution in [0.3, 0.4) is 0 Å². The van der Waals surface area contributed by atoms with Crippen molar-refractivity contribution in [1.29, 1.82) is 0 Å². The van der Waals surface area contributed by atoms with Crippen molar-refractivity contribution in [3.63, 3.8) is 0 Å². The van der Waals surface area contributed by atoms with Gasteiger partial charge in [0.2, 0.25) is 5.91 Å². The number of ether oxygens (including phenoxy) is 1. The molecule has 1 aromatic heterocycles. The molecule has 5 heteroatoms. The highest BCUT2D eigenvalue weighted by Gasteiger charge is 2.34. The summed E-state index contributed by atoms with van der Waals surface area (Å²) in [6.45, 7) is 4.15. The van der Waals surface area contributed by atoms with Gasteiger partial charge in [0.1, 0.15) is 11.6 Å². The molecule has 1 fully saturated rings. The second-order valence-electron chi connectivity index (χ2n) is 8.37. The predicted octanol–water partition coefficient (Wildman–Crippen LogP) is 5.33. The van der Waals surface area contributed by atoms with Crippen LogP contribution >= 0.6 is 0 Å². The Morgan fingerprint density at radius 2 is 1.72 bits per heavy atom. The molecule has 0 aliphatic carbocycles. The van der Waals surface area contributed by atoms with E-state index in [9.17, 15) is 4.79 Å². The topological polar surface area (TPSA) is 47.4 Å². The fourth-order valence-corrected chi connectivity index (χ4v) is 4.42. The van der Waals surface area contributed by atoms with Gasteiger partial charge in [0.25, 0.3) is 0 Å². The second kappa shape index (κ2) is 8.87. The van der Waals surface area contributed by atoms with Gasteiger partial charge in [-0.1, -0.05) is 48.0 Å². The third kappa shape index (κ3) is 4.11. The zero-order valence-corrected chi connectivity index (χ0v) is 18.3. The largest absolute Gasteiger partial charge is 0.494 e. The van der Waals surface area contributed by atoms with Crippen molar-refractivity contribution in [3.8, 4) is 5.75 Å². The lowest BCUT2D eigenvalue weighted by molar-refractivity contribution is -0.117. The van der Waals surface area contributed by atoms with E-state index in [4.69, 9.17) is 9.72 Å². The highest BCUT2D eigenvalue weighted by Crippen LogP contribution is 2.33. The molecule has 0 spiro atoms. The molecule has 5 rings (SSSR count). The van der Waals surface area contributed by atoms with Crippen LogP contribution in [-0.4, -0.2) is 28.6 Å². The van der Waals surface area contributed by atoms with Gasteiger partial charge in [-0.2, -0.15) is 0 Å². The minimum atomic E-state index is 0.0752. The Balaban J connectivity index is 1.35. The van der Waals surface area contributed by atoms with Crippen LogP contribution in [0.5, 0.6) is 5.75 Å². The average molecular weight is 426 g/mol. The number of aryl methyl sites for hydroxylation is 2. The molecular formula is C27H27N3O2. The van der Waals surface area contributed by atoms with Crippen LogP contribution in [0.4, 0.5) is 5.69 Å². The number of carbonyl (C=O) groups is 1. The van der Waals surface area contributed by atoms with Crippen LogP contribution in [-0.2, 0) is 11.3 Å². The molecule has 1 amide bonds. The summed E-state index contributed by atoms with van der Waals surface area (Å²) in [5, 5.41) is 0. The van der Waals surface area contributed by atoms with Crippen molar-refractivity contribution in [1.82, 2.24) is 9.55 Å². The van der Waals surface area contributed by atoms with Gasteiger partial charge >= 0.3 is 0 Å². The third-order valence-electron chi connectivity index (χ3n) is 6.06. The van der Waals surface area contributed by atoms with E-state index in [1.165, 1.54) is 5.56 Å². The number of carbonyl (C=O) groups excluding carboxylic acids is 1.